The molecule has 4 heteroatoms. The molecule has 128 valence electrons. The molecular formula is C20H25NO3. The summed E-state index contributed by atoms with van der Waals surface area (Å²) in [5.41, 5.74) is 11.7. The van der Waals surface area contributed by atoms with Crippen molar-refractivity contribution in [2.45, 2.75) is 33.2 Å². The molecule has 0 saturated carbocycles. The Morgan fingerprint density at radius 3 is 2.42 bits per heavy atom. The van der Waals surface area contributed by atoms with E-state index in [2.05, 4.69) is 26.0 Å². The maximum Gasteiger partial charge on any atom is 0.307 e. The normalized spacial score (nSPS) is 11.9. The summed E-state index contributed by atoms with van der Waals surface area (Å²) in [6, 6.07) is 11.7. The number of carbonyl (C=O) groups is 1. The first-order chi connectivity index (χ1) is 11.5. The summed E-state index contributed by atoms with van der Waals surface area (Å²) in [6.07, 6.45) is 0.146. The third-order valence-corrected chi connectivity index (χ3v) is 4.05. The largest absolute Gasteiger partial charge is 0.497 e. The minimum atomic E-state index is -0.428. The summed E-state index contributed by atoms with van der Waals surface area (Å²) < 4.78 is 10.4. The van der Waals surface area contributed by atoms with E-state index in [1.54, 1.807) is 14.0 Å². The zero-order chi connectivity index (χ0) is 17.7. The third kappa shape index (κ3) is 4.15. The second-order valence-corrected chi connectivity index (χ2v) is 5.88. The number of nitrogens with two attached hydrogens (primary N) is 1. The molecule has 4 nitrogen and oxygen atoms in total. The molecule has 0 spiro atoms. The van der Waals surface area contributed by atoms with Crippen LogP contribution in [0.2, 0.25) is 0 Å². The molecule has 0 aromatic heterocycles. The lowest BCUT2D eigenvalue weighted by Gasteiger charge is -2.17. The Kier molecular flexibility index (Phi) is 5.99. The van der Waals surface area contributed by atoms with Crippen LogP contribution in [0.15, 0.2) is 36.4 Å². The fraction of sp³-hybridized carbons (Fsp3) is 0.350. The minimum absolute atomic E-state index is 0.146. The van der Waals surface area contributed by atoms with E-state index >= 15 is 0 Å². The van der Waals surface area contributed by atoms with Crippen LogP contribution in [0.25, 0.3) is 11.1 Å². The Morgan fingerprint density at radius 2 is 1.83 bits per heavy atom. The molecule has 0 fully saturated rings. The van der Waals surface area contributed by atoms with Crippen molar-refractivity contribution in [3.63, 3.8) is 0 Å². The highest BCUT2D eigenvalue weighted by Crippen LogP contribution is 2.33. The van der Waals surface area contributed by atoms with E-state index in [-0.39, 0.29) is 12.4 Å². The molecule has 0 aliphatic heterocycles. The Labute approximate surface area is 143 Å². The van der Waals surface area contributed by atoms with Gasteiger partial charge in [0.25, 0.3) is 0 Å². The first-order valence-corrected chi connectivity index (χ1v) is 8.13. The van der Waals surface area contributed by atoms with Gasteiger partial charge in [-0.1, -0.05) is 18.2 Å². The minimum Gasteiger partial charge on any atom is -0.497 e. The van der Waals surface area contributed by atoms with Gasteiger partial charge in [0.1, 0.15) is 5.75 Å². The van der Waals surface area contributed by atoms with Crippen molar-refractivity contribution in [2.24, 2.45) is 5.73 Å². The number of esters is 1. The molecule has 24 heavy (non-hydrogen) atoms. The SMILES string of the molecule is CCOC(=O)C[C@H](N)c1cc(OC)cc(-c2c(C)cccc2C)c1. The molecule has 0 saturated heterocycles. The first-order valence-electron chi connectivity index (χ1n) is 8.13. The van der Waals surface area contributed by atoms with Gasteiger partial charge < -0.3 is 15.2 Å². The van der Waals surface area contributed by atoms with E-state index in [1.807, 2.05) is 24.3 Å². The van der Waals surface area contributed by atoms with Gasteiger partial charge in [0.05, 0.1) is 20.1 Å². The van der Waals surface area contributed by atoms with Crippen molar-refractivity contribution in [1.82, 2.24) is 0 Å². The summed E-state index contributed by atoms with van der Waals surface area (Å²) in [5.74, 6) is 0.436. The van der Waals surface area contributed by atoms with Crippen LogP contribution in [-0.4, -0.2) is 19.7 Å². The summed E-state index contributed by atoms with van der Waals surface area (Å²) >= 11 is 0. The molecule has 2 aromatic carbocycles. The van der Waals surface area contributed by atoms with Crippen LogP contribution in [0.4, 0.5) is 0 Å². The van der Waals surface area contributed by atoms with Crippen LogP contribution < -0.4 is 10.5 Å². The molecule has 0 aliphatic carbocycles. The first kappa shape index (κ1) is 18.0. The highest BCUT2D eigenvalue weighted by Gasteiger charge is 2.16. The van der Waals surface area contributed by atoms with Crippen molar-refractivity contribution in [3.8, 4) is 16.9 Å². The predicted molar refractivity (Wildman–Crippen MR) is 96.1 cm³/mol. The Balaban J connectivity index is 2.43. The summed E-state index contributed by atoms with van der Waals surface area (Å²) in [4.78, 5) is 11.7. The smallest absolute Gasteiger partial charge is 0.307 e. The number of aryl methyl sites for hydroxylation is 2. The van der Waals surface area contributed by atoms with Crippen molar-refractivity contribution in [1.29, 1.82) is 0 Å². The predicted octanol–water partition coefficient (Wildman–Crippen LogP) is 3.93. The van der Waals surface area contributed by atoms with E-state index in [9.17, 15) is 4.79 Å². The second kappa shape index (κ2) is 7.97. The highest BCUT2D eigenvalue weighted by molar-refractivity contribution is 5.74. The molecule has 0 unspecified atom stereocenters. The number of hydrogen-bond donors (Lipinski definition) is 1. The lowest BCUT2D eigenvalue weighted by Crippen LogP contribution is -2.17. The van der Waals surface area contributed by atoms with E-state index in [0.29, 0.717) is 6.61 Å². The zero-order valence-electron chi connectivity index (χ0n) is 14.8. The van der Waals surface area contributed by atoms with Crippen LogP contribution in [-0.2, 0) is 9.53 Å². The number of carbonyl (C=O) groups excluding carboxylic acids is 1. The van der Waals surface area contributed by atoms with Crippen molar-refractivity contribution >= 4 is 5.97 Å². The topological polar surface area (TPSA) is 61.5 Å². The second-order valence-electron chi connectivity index (χ2n) is 5.88. The van der Waals surface area contributed by atoms with Crippen molar-refractivity contribution < 1.29 is 14.3 Å². The molecule has 0 bridgehead atoms. The average molecular weight is 327 g/mol. The van der Waals surface area contributed by atoms with Crippen LogP contribution in [0.5, 0.6) is 5.75 Å². The van der Waals surface area contributed by atoms with Crippen LogP contribution in [0, 0.1) is 13.8 Å². The molecular weight excluding hydrogens is 302 g/mol. The van der Waals surface area contributed by atoms with Crippen LogP contribution >= 0.6 is 0 Å². The lowest BCUT2D eigenvalue weighted by atomic mass is 9.92. The summed E-state index contributed by atoms with van der Waals surface area (Å²) in [5, 5.41) is 0. The van der Waals surface area contributed by atoms with E-state index in [0.717, 1.165) is 16.9 Å². The van der Waals surface area contributed by atoms with Gasteiger partial charge in [-0.2, -0.15) is 0 Å². The fourth-order valence-electron chi connectivity index (χ4n) is 2.89. The molecule has 0 aliphatic rings. The summed E-state index contributed by atoms with van der Waals surface area (Å²) in [6.45, 7) is 6.31. The van der Waals surface area contributed by atoms with Gasteiger partial charge in [-0.15, -0.1) is 0 Å². The van der Waals surface area contributed by atoms with E-state index in [4.69, 9.17) is 15.2 Å². The van der Waals surface area contributed by atoms with Gasteiger partial charge in [-0.25, -0.2) is 0 Å². The van der Waals surface area contributed by atoms with Crippen LogP contribution in [0.1, 0.15) is 36.1 Å². The number of ether oxygens (including phenoxy) is 2. The van der Waals surface area contributed by atoms with Gasteiger partial charge in [0, 0.05) is 6.04 Å². The lowest BCUT2D eigenvalue weighted by molar-refractivity contribution is -0.143. The number of hydrogen-bond acceptors (Lipinski definition) is 4. The van der Waals surface area contributed by atoms with Crippen LogP contribution in [0.3, 0.4) is 0 Å². The maximum absolute atomic E-state index is 11.7. The van der Waals surface area contributed by atoms with Gasteiger partial charge >= 0.3 is 5.97 Å². The monoisotopic (exact) mass is 327 g/mol. The number of rotatable bonds is 6. The van der Waals surface area contributed by atoms with Gasteiger partial charge in [-0.05, 0) is 66.8 Å². The molecule has 0 amide bonds. The molecule has 2 rings (SSSR count). The molecule has 1 atom stereocenters. The van der Waals surface area contributed by atoms with Crippen molar-refractivity contribution in [2.75, 3.05) is 13.7 Å². The Morgan fingerprint density at radius 1 is 1.17 bits per heavy atom. The standard InChI is InChI=1S/C20H25NO3/c1-5-24-19(22)12-18(21)15-9-16(11-17(10-15)23-4)20-13(2)7-6-8-14(20)3/h6-11,18H,5,12,21H2,1-4H3/t18-/m0/s1. The van der Waals surface area contributed by atoms with E-state index in [1.165, 1.54) is 16.7 Å². The molecule has 2 N–H and O–H groups in total. The van der Waals surface area contributed by atoms with Crippen molar-refractivity contribution in [3.05, 3.63) is 53.1 Å². The molecule has 0 radical (unpaired) electrons. The van der Waals surface area contributed by atoms with Gasteiger partial charge in [-0.3, -0.25) is 4.79 Å². The fourth-order valence-corrected chi connectivity index (χ4v) is 2.89. The van der Waals surface area contributed by atoms with Gasteiger partial charge in [0.15, 0.2) is 0 Å². The highest BCUT2D eigenvalue weighted by atomic mass is 16.5. The maximum atomic E-state index is 11.7. The summed E-state index contributed by atoms with van der Waals surface area (Å²) in [7, 11) is 1.63. The van der Waals surface area contributed by atoms with E-state index < -0.39 is 6.04 Å². The number of methoxy groups -OCH3 is 1. The average Bonchev–Trinajstić information content (AvgIpc) is 2.54. The quantitative estimate of drug-likeness (QED) is 0.817. The molecule has 0 heterocycles. The zero-order valence-corrected chi connectivity index (χ0v) is 14.8. The molecule has 2 aromatic rings. The third-order valence-electron chi connectivity index (χ3n) is 4.05. The Hall–Kier alpha value is -2.33. The Bertz CT molecular complexity index is 705. The number of benzene rings is 2. The van der Waals surface area contributed by atoms with Gasteiger partial charge in [0.2, 0.25) is 0 Å².